The lowest BCUT2D eigenvalue weighted by Gasteiger charge is -2.38. The number of ether oxygens (including phenoxy) is 2. The van der Waals surface area contributed by atoms with Crippen LogP contribution in [0.2, 0.25) is 0 Å². The van der Waals surface area contributed by atoms with E-state index in [2.05, 4.69) is 25.7 Å². The number of fused-ring (bicyclic) bond motifs is 1. The van der Waals surface area contributed by atoms with Crippen molar-refractivity contribution >= 4 is 47.1 Å². The first-order chi connectivity index (χ1) is 25.6. The van der Waals surface area contributed by atoms with Crippen LogP contribution >= 0.6 is 0 Å². The fraction of sp³-hybridized carbons (Fsp3) is 0.447. The molecular weight excluding hydrogens is 682 g/mol. The first-order valence-electron chi connectivity index (χ1n) is 18.3. The van der Waals surface area contributed by atoms with Crippen LogP contribution in [0, 0.1) is 0 Å². The minimum atomic E-state index is -1.00. The highest BCUT2D eigenvalue weighted by Crippen LogP contribution is 2.37. The zero-order chi connectivity index (χ0) is 36.8. The van der Waals surface area contributed by atoms with Gasteiger partial charge in [0, 0.05) is 73.9 Å². The Kier molecular flexibility index (Phi) is 9.08. The van der Waals surface area contributed by atoms with Crippen molar-refractivity contribution in [3.05, 3.63) is 70.9 Å². The summed E-state index contributed by atoms with van der Waals surface area (Å²) in [5.41, 5.74) is 2.68. The molecule has 3 aromatic rings. The van der Waals surface area contributed by atoms with Gasteiger partial charge in [-0.3, -0.25) is 39.3 Å². The number of aromatic nitrogens is 2. The zero-order valence-electron chi connectivity index (χ0n) is 29.3. The van der Waals surface area contributed by atoms with E-state index in [0.717, 1.165) is 54.9 Å². The summed E-state index contributed by atoms with van der Waals surface area (Å²) in [5.74, 6) is -1.14. The number of anilines is 2. The molecule has 4 atom stereocenters. The maximum Gasteiger partial charge on any atom is 0.410 e. The predicted octanol–water partition coefficient (Wildman–Crippen LogP) is 3.98. The number of amides is 6. The van der Waals surface area contributed by atoms with E-state index >= 15 is 0 Å². The van der Waals surface area contributed by atoms with Gasteiger partial charge in [-0.25, -0.2) is 4.79 Å². The van der Waals surface area contributed by atoms with E-state index in [1.165, 1.54) is 0 Å². The van der Waals surface area contributed by atoms with Gasteiger partial charge in [-0.05, 0) is 81.5 Å². The summed E-state index contributed by atoms with van der Waals surface area (Å²) in [7, 11) is 0. The number of imide groups is 2. The molecule has 0 spiro atoms. The second kappa shape index (κ2) is 14.0. The molecule has 53 heavy (non-hydrogen) atoms. The number of nitrogens with one attached hydrogen (secondary N) is 3. The van der Waals surface area contributed by atoms with Gasteiger partial charge in [0.2, 0.25) is 11.8 Å². The molecule has 15 heteroatoms. The summed E-state index contributed by atoms with van der Waals surface area (Å²) in [6.07, 6.45) is 4.61. The van der Waals surface area contributed by atoms with E-state index in [9.17, 15) is 28.8 Å². The number of aromatic amines is 1. The van der Waals surface area contributed by atoms with Crippen molar-refractivity contribution in [2.75, 3.05) is 29.9 Å². The Bertz CT molecular complexity index is 1970. The van der Waals surface area contributed by atoms with Gasteiger partial charge in [-0.2, -0.15) is 5.10 Å². The zero-order valence-corrected chi connectivity index (χ0v) is 29.3. The van der Waals surface area contributed by atoms with Gasteiger partial charge in [0.05, 0.1) is 11.1 Å². The number of rotatable bonds is 8. The van der Waals surface area contributed by atoms with Gasteiger partial charge >= 0.3 is 6.09 Å². The SMILES string of the molecule is C[C@H]1CCN1C(=O)O[C@@H]1CC[C@H](c2cc(NC(=O)c3ccc(OC4CCN(c5ccc6c(c5)C(=O)N(C5CCC(=O)NC5=O)C6=O)CC4)cc3)n[nH]2)C1. The topological polar surface area (TPSA) is 183 Å². The molecule has 4 fully saturated rings. The third kappa shape index (κ3) is 6.82. The minimum Gasteiger partial charge on any atom is -0.490 e. The summed E-state index contributed by atoms with van der Waals surface area (Å²) >= 11 is 0. The third-order valence-corrected chi connectivity index (χ3v) is 11.1. The van der Waals surface area contributed by atoms with E-state index in [1.54, 1.807) is 41.3 Å². The van der Waals surface area contributed by atoms with Gasteiger partial charge in [-0.15, -0.1) is 0 Å². The number of carbonyl (C=O) groups is 6. The maximum absolute atomic E-state index is 13.3. The molecule has 5 heterocycles. The third-order valence-electron chi connectivity index (χ3n) is 11.1. The number of hydrogen-bond donors (Lipinski definition) is 3. The second-order valence-electron chi connectivity index (χ2n) is 14.5. The highest BCUT2D eigenvalue weighted by atomic mass is 16.6. The molecule has 0 radical (unpaired) electrons. The fourth-order valence-electron chi connectivity index (χ4n) is 7.89. The van der Waals surface area contributed by atoms with Crippen LogP contribution in [0.4, 0.5) is 16.3 Å². The number of benzene rings is 2. The Morgan fingerprint density at radius 1 is 0.849 bits per heavy atom. The van der Waals surface area contributed by atoms with Gasteiger partial charge < -0.3 is 24.6 Å². The van der Waals surface area contributed by atoms with Crippen LogP contribution in [0.25, 0.3) is 0 Å². The van der Waals surface area contributed by atoms with Crippen LogP contribution in [0.1, 0.15) is 101 Å². The smallest absolute Gasteiger partial charge is 0.410 e. The molecule has 15 nitrogen and oxygen atoms in total. The predicted molar refractivity (Wildman–Crippen MR) is 190 cm³/mol. The van der Waals surface area contributed by atoms with Gasteiger partial charge in [0.25, 0.3) is 17.7 Å². The van der Waals surface area contributed by atoms with E-state index in [-0.39, 0.29) is 60.1 Å². The molecule has 5 aliphatic rings. The molecule has 6 amide bonds. The van der Waals surface area contributed by atoms with Gasteiger partial charge in [-0.1, -0.05) is 0 Å². The molecule has 8 rings (SSSR count). The van der Waals surface area contributed by atoms with Crippen molar-refractivity contribution in [3.8, 4) is 5.75 Å². The van der Waals surface area contributed by atoms with Gasteiger partial charge in [0.15, 0.2) is 5.82 Å². The van der Waals surface area contributed by atoms with E-state index < -0.39 is 29.7 Å². The lowest BCUT2D eigenvalue weighted by Crippen LogP contribution is -2.54. The first-order valence-corrected chi connectivity index (χ1v) is 18.3. The van der Waals surface area contributed by atoms with Crippen molar-refractivity contribution in [3.63, 3.8) is 0 Å². The van der Waals surface area contributed by atoms with Crippen LogP contribution in [0.15, 0.2) is 48.5 Å². The molecule has 3 N–H and O–H groups in total. The number of H-pyrrole nitrogens is 1. The van der Waals surface area contributed by atoms with Gasteiger partial charge in [0.1, 0.15) is 24.0 Å². The van der Waals surface area contributed by atoms with Crippen molar-refractivity contribution < 1.29 is 38.2 Å². The summed E-state index contributed by atoms with van der Waals surface area (Å²) in [6, 6.07) is 13.2. The fourth-order valence-corrected chi connectivity index (χ4v) is 7.89. The number of hydrogen-bond acceptors (Lipinski definition) is 10. The lowest BCUT2D eigenvalue weighted by molar-refractivity contribution is -0.136. The van der Waals surface area contributed by atoms with E-state index in [1.807, 2.05) is 19.1 Å². The van der Waals surface area contributed by atoms with Crippen molar-refractivity contribution in [2.45, 2.75) is 88.5 Å². The monoisotopic (exact) mass is 723 g/mol. The molecule has 1 unspecified atom stereocenters. The van der Waals surface area contributed by atoms with Crippen LogP contribution in [-0.2, 0) is 14.3 Å². The molecular formula is C38H41N7O8. The first kappa shape index (κ1) is 34.4. The maximum atomic E-state index is 13.3. The Labute approximate surface area is 305 Å². The van der Waals surface area contributed by atoms with E-state index in [4.69, 9.17) is 9.47 Å². The summed E-state index contributed by atoms with van der Waals surface area (Å²) in [4.78, 5) is 80.5. The van der Waals surface area contributed by atoms with Crippen LogP contribution < -0.4 is 20.3 Å². The average molecular weight is 724 g/mol. The van der Waals surface area contributed by atoms with E-state index in [0.29, 0.717) is 36.6 Å². The van der Waals surface area contributed by atoms with Crippen LogP contribution in [-0.4, -0.2) is 99.6 Å². The Hall–Kier alpha value is -5.73. The average Bonchev–Trinajstić information content (AvgIpc) is 3.87. The molecule has 0 bridgehead atoms. The largest absolute Gasteiger partial charge is 0.490 e. The Morgan fingerprint density at radius 3 is 2.34 bits per heavy atom. The van der Waals surface area contributed by atoms with Crippen LogP contribution in [0.5, 0.6) is 5.75 Å². The quantitative estimate of drug-likeness (QED) is 0.288. The molecule has 1 aromatic heterocycles. The highest BCUT2D eigenvalue weighted by molar-refractivity contribution is 6.23. The summed E-state index contributed by atoms with van der Waals surface area (Å²) < 4.78 is 12.0. The molecule has 2 aromatic carbocycles. The Balaban J connectivity index is 0.802. The molecule has 3 saturated heterocycles. The van der Waals surface area contributed by atoms with Crippen molar-refractivity contribution in [1.82, 2.24) is 25.3 Å². The minimum absolute atomic E-state index is 0.0490. The van der Waals surface area contributed by atoms with Crippen LogP contribution in [0.3, 0.4) is 0 Å². The summed E-state index contributed by atoms with van der Waals surface area (Å²) in [6.45, 7) is 4.11. The summed E-state index contributed by atoms with van der Waals surface area (Å²) in [5, 5.41) is 12.4. The number of piperidine rings is 2. The standard InChI is InChI=1S/C38H41N7O8/c1-21-12-17-44(21)38(51)53-27-8-4-23(18-27)30-20-32(42-41-30)39-34(47)22-2-6-25(7-3-22)52-26-13-15-43(16-14-26)24-5-9-28-29(19-24)37(50)45(36(28)49)31-10-11-33(46)40-35(31)48/h2-3,5-7,9,19-21,23,26-27,31H,4,8,10-18H2,1H3,(H,40,46,48)(H2,39,41,42,47)/t21-,23-,27+,31?/m0/s1. The second-order valence-corrected chi connectivity index (χ2v) is 14.5. The van der Waals surface area contributed by atoms with Crippen molar-refractivity contribution in [2.24, 2.45) is 0 Å². The normalized spacial score (nSPS) is 24.5. The number of likely N-dealkylation sites (tertiary alicyclic amines) is 1. The highest BCUT2D eigenvalue weighted by Gasteiger charge is 2.45. The molecule has 1 aliphatic carbocycles. The molecule has 276 valence electrons. The number of carbonyl (C=O) groups excluding carboxylic acids is 6. The molecule has 1 saturated carbocycles. The van der Waals surface area contributed by atoms with Crippen molar-refractivity contribution in [1.29, 1.82) is 0 Å². The number of nitrogens with zero attached hydrogens (tertiary/aromatic N) is 4. The molecule has 4 aliphatic heterocycles. The Morgan fingerprint density at radius 2 is 1.62 bits per heavy atom. The lowest BCUT2D eigenvalue weighted by atomic mass is 10.0.